The molecule has 1 fully saturated rings. The number of nitrogens with one attached hydrogen (secondary N) is 2. The molecule has 118 valence electrons. The van der Waals surface area contributed by atoms with Crippen molar-refractivity contribution in [2.45, 2.75) is 38.9 Å². The van der Waals surface area contributed by atoms with Crippen molar-refractivity contribution in [3.63, 3.8) is 0 Å². The lowest BCUT2D eigenvalue weighted by Crippen LogP contribution is -2.50. The highest BCUT2D eigenvalue weighted by molar-refractivity contribution is 9.10. The summed E-state index contributed by atoms with van der Waals surface area (Å²) in [6.45, 7) is 5.58. The van der Waals surface area contributed by atoms with E-state index in [1.807, 2.05) is 0 Å². The molecule has 2 rings (SSSR count). The first-order valence-electron chi connectivity index (χ1n) is 6.90. The van der Waals surface area contributed by atoms with E-state index in [0.717, 1.165) is 25.5 Å². The summed E-state index contributed by atoms with van der Waals surface area (Å²) in [6.07, 6.45) is -0.897. The molecule has 21 heavy (non-hydrogen) atoms. The summed E-state index contributed by atoms with van der Waals surface area (Å²) in [5.41, 5.74) is -0.690. The van der Waals surface area contributed by atoms with E-state index in [4.69, 9.17) is 0 Å². The standard InChI is InChI=1S/C14H19BrF3N3/c1-13(2)4-3-5-19-11(13)8-21-12-10(14(16,17)18)6-9(15)7-20-12/h6-7,11,19H,3-5,8H2,1-2H3,(H,20,21). The van der Waals surface area contributed by atoms with Crippen molar-refractivity contribution in [2.24, 2.45) is 5.41 Å². The van der Waals surface area contributed by atoms with Crippen LogP contribution in [0.2, 0.25) is 0 Å². The molecule has 2 heterocycles. The van der Waals surface area contributed by atoms with Crippen LogP contribution in [0, 0.1) is 5.41 Å². The monoisotopic (exact) mass is 365 g/mol. The Balaban J connectivity index is 2.13. The number of piperidine rings is 1. The van der Waals surface area contributed by atoms with E-state index in [1.165, 1.54) is 6.20 Å². The maximum Gasteiger partial charge on any atom is 0.419 e. The number of rotatable bonds is 3. The van der Waals surface area contributed by atoms with Gasteiger partial charge in [0, 0.05) is 23.3 Å². The lowest BCUT2D eigenvalue weighted by atomic mass is 9.77. The SMILES string of the molecule is CC1(C)CCCNC1CNc1ncc(Br)cc1C(F)(F)F. The van der Waals surface area contributed by atoms with Crippen LogP contribution in [0.5, 0.6) is 0 Å². The second-order valence-corrected chi connectivity index (χ2v) is 6.94. The van der Waals surface area contributed by atoms with Gasteiger partial charge in [0.05, 0.1) is 5.56 Å². The Hall–Kier alpha value is -0.820. The Morgan fingerprint density at radius 1 is 1.48 bits per heavy atom. The number of aromatic nitrogens is 1. The summed E-state index contributed by atoms with van der Waals surface area (Å²) in [5.74, 6) is -0.117. The van der Waals surface area contributed by atoms with E-state index in [9.17, 15) is 13.2 Å². The Morgan fingerprint density at radius 2 is 2.19 bits per heavy atom. The van der Waals surface area contributed by atoms with Crippen LogP contribution in [-0.2, 0) is 6.18 Å². The first-order valence-corrected chi connectivity index (χ1v) is 7.69. The summed E-state index contributed by atoms with van der Waals surface area (Å²) in [7, 11) is 0. The number of halogens is 4. The van der Waals surface area contributed by atoms with Crippen LogP contribution >= 0.6 is 15.9 Å². The molecule has 0 spiro atoms. The minimum atomic E-state index is -4.42. The van der Waals surface area contributed by atoms with Gasteiger partial charge >= 0.3 is 6.18 Å². The smallest absolute Gasteiger partial charge is 0.368 e. The van der Waals surface area contributed by atoms with Crippen LogP contribution in [0.25, 0.3) is 0 Å². The Bertz CT molecular complexity index is 503. The molecule has 1 aromatic heterocycles. The zero-order valence-corrected chi connectivity index (χ0v) is 13.6. The zero-order valence-electron chi connectivity index (χ0n) is 12.0. The highest BCUT2D eigenvalue weighted by Crippen LogP contribution is 2.36. The largest absolute Gasteiger partial charge is 0.419 e. The van der Waals surface area contributed by atoms with E-state index in [-0.39, 0.29) is 17.3 Å². The quantitative estimate of drug-likeness (QED) is 0.848. The van der Waals surface area contributed by atoms with Gasteiger partial charge < -0.3 is 10.6 Å². The summed E-state index contributed by atoms with van der Waals surface area (Å²) in [4.78, 5) is 3.87. The van der Waals surface area contributed by atoms with Gasteiger partial charge in [0.2, 0.25) is 0 Å². The number of anilines is 1. The molecule has 7 heteroatoms. The number of hydrogen-bond donors (Lipinski definition) is 2. The fourth-order valence-corrected chi connectivity index (χ4v) is 2.95. The molecule has 1 atom stereocenters. The Morgan fingerprint density at radius 3 is 2.81 bits per heavy atom. The molecule has 0 bridgehead atoms. The lowest BCUT2D eigenvalue weighted by molar-refractivity contribution is -0.137. The zero-order chi connectivity index (χ0) is 15.7. The van der Waals surface area contributed by atoms with Gasteiger partial charge in [-0.05, 0) is 46.8 Å². The van der Waals surface area contributed by atoms with E-state index in [1.54, 1.807) is 0 Å². The molecule has 0 aliphatic carbocycles. The third-order valence-corrected chi connectivity index (χ3v) is 4.40. The molecular weight excluding hydrogens is 347 g/mol. The predicted octanol–water partition coefficient (Wildman–Crippen LogP) is 4.05. The third-order valence-electron chi connectivity index (χ3n) is 3.97. The van der Waals surface area contributed by atoms with Crippen molar-refractivity contribution in [3.05, 3.63) is 22.3 Å². The first kappa shape index (κ1) is 16.5. The highest BCUT2D eigenvalue weighted by atomic mass is 79.9. The lowest BCUT2D eigenvalue weighted by Gasteiger charge is -2.39. The number of nitrogens with zero attached hydrogens (tertiary/aromatic N) is 1. The molecule has 0 aromatic carbocycles. The molecule has 1 aliphatic rings. The predicted molar refractivity (Wildman–Crippen MR) is 80.2 cm³/mol. The maximum atomic E-state index is 13.0. The van der Waals surface area contributed by atoms with Crippen LogP contribution in [0.4, 0.5) is 19.0 Å². The van der Waals surface area contributed by atoms with Crippen molar-refractivity contribution < 1.29 is 13.2 Å². The van der Waals surface area contributed by atoms with Crippen LogP contribution in [0.3, 0.4) is 0 Å². The molecule has 1 aromatic rings. The molecule has 2 N–H and O–H groups in total. The van der Waals surface area contributed by atoms with Crippen molar-refractivity contribution in [3.8, 4) is 0 Å². The summed E-state index contributed by atoms with van der Waals surface area (Å²) >= 11 is 3.03. The van der Waals surface area contributed by atoms with Crippen LogP contribution in [0.15, 0.2) is 16.7 Å². The minimum Gasteiger partial charge on any atom is -0.368 e. The van der Waals surface area contributed by atoms with Crippen molar-refractivity contribution in [1.82, 2.24) is 10.3 Å². The average Bonchev–Trinajstić information content (AvgIpc) is 2.37. The van der Waals surface area contributed by atoms with Gasteiger partial charge in [0.1, 0.15) is 5.82 Å². The Labute approximate surface area is 130 Å². The topological polar surface area (TPSA) is 37.0 Å². The van der Waals surface area contributed by atoms with Gasteiger partial charge in [-0.2, -0.15) is 13.2 Å². The minimum absolute atomic E-state index is 0.0546. The summed E-state index contributed by atoms with van der Waals surface area (Å²) in [6, 6.07) is 1.17. The van der Waals surface area contributed by atoms with Crippen LogP contribution in [-0.4, -0.2) is 24.1 Å². The third kappa shape index (κ3) is 4.10. The molecule has 1 aliphatic heterocycles. The molecule has 0 radical (unpaired) electrons. The fourth-order valence-electron chi connectivity index (χ4n) is 2.61. The highest BCUT2D eigenvalue weighted by Gasteiger charge is 2.36. The molecule has 3 nitrogen and oxygen atoms in total. The normalized spacial score (nSPS) is 22.1. The van der Waals surface area contributed by atoms with Gasteiger partial charge in [0.15, 0.2) is 0 Å². The van der Waals surface area contributed by atoms with Gasteiger partial charge in [-0.25, -0.2) is 4.98 Å². The van der Waals surface area contributed by atoms with E-state index in [2.05, 4.69) is 45.4 Å². The van der Waals surface area contributed by atoms with Gasteiger partial charge in [-0.3, -0.25) is 0 Å². The maximum absolute atomic E-state index is 13.0. The molecule has 0 amide bonds. The molecule has 1 unspecified atom stereocenters. The van der Waals surface area contributed by atoms with Crippen molar-refractivity contribution in [2.75, 3.05) is 18.4 Å². The second kappa shape index (κ2) is 6.12. The number of pyridine rings is 1. The molecule has 1 saturated heterocycles. The van der Waals surface area contributed by atoms with Gasteiger partial charge in [0.25, 0.3) is 0 Å². The summed E-state index contributed by atoms with van der Waals surface area (Å²) in [5, 5.41) is 6.23. The van der Waals surface area contributed by atoms with Crippen molar-refractivity contribution in [1.29, 1.82) is 0 Å². The van der Waals surface area contributed by atoms with Gasteiger partial charge in [-0.1, -0.05) is 13.8 Å². The molecule has 0 saturated carbocycles. The van der Waals surface area contributed by atoms with E-state index >= 15 is 0 Å². The summed E-state index contributed by atoms with van der Waals surface area (Å²) < 4.78 is 39.4. The van der Waals surface area contributed by atoms with Gasteiger partial charge in [-0.15, -0.1) is 0 Å². The van der Waals surface area contributed by atoms with Crippen LogP contribution < -0.4 is 10.6 Å². The Kier molecular flexibility index (Phi) is 4.82. The van der Waals surface area contributed by atoms with Crippen molar-refractivity contribution >= 4 is 21.7 Å². The fraction of sp³-hybridized carbons (Fsp3) is 0.643. The number of alkyl halides is 3. The first-order chi connectivity index (χ1) is 9.70. The number of hydrogen-bond acceptors (Lipinski definition) is 3. The van der Waals surface area contributed by atoms with Crippen LogP contribution in [0.1, 0.15) is 32.3 Å². The van der Waals surface area contributed by atoms with E-state index < -0.39 is 11.7 Å². The second-order valence-electron chi connectivity index (χ2n) is 6.03. The average molecular weight is 366 g/mol. The van der Waals surface area contributed by atoms with E-state index in [0.29, 0.717) is 11.0 Å². The molecular formula is C14H19BrF3N3.